The van der Waals surface area contributed by atoms with E-state index in [4.69, 9.17) is 4.74 Å². The third kappa shape index (κ3) is 0.445. The van der Waals surface area contributed by atoms with Crippen molar-refractivity contribution < 1.29 is 9.53 Å². The van der Waals surface area contributed by atoms with Crippen molar-refractivity contribution in [3.63, 3.8) is 0 Å². The van der Waals surface area contributed by atoms with E-state index in [1.807, 2.05) is 0 Å². The fraction of sp³-hybridized carbons (Fsp3) is 0.889. The van der Waals surface area contributed by atoms with Crippen molar-refractivity contribution in [3.8, 4) is 0 Å². The molecule has 2 nitrogen and oxygen atoms in total. The number of carbonyl (C=O) groups excluding carboxylic acids is 1. The number of hydrogen-bond donors (Lipinski definition) is 0. The van der Waals surface area contributed by atoms with Crippen molar-refractivity contribution in [1.29, 1.82) is 0 Å². The Labute approximate surface area is 65.9 Å². The van der Waals surface area contributed by atoms with Gasteiger partial charge in [-0.3, -0.25) is 4.79 Å². The Morgan fingerprint density at radius 1 is 1.55 bits per heavy atom. The van der Waals surface area contributed by atoms with Gasteiger partial charge in [0.05, 0.1) is 5.41 Å². The third-order valence-electron chi connectivity index (χ3n) is 4.11. The topological polar surface area (TPSA) is 26.3 Å². The molecule has 60 valence electrons. The van der Waals surface area contributed by atoms with E-state index >= 15 is 0 Å². The van der Waals surface area contributed by atoms with E-state index < -0.39 is 0 Å². The Morgan fingerprint density at radius 3 is 2.91 bits per heavy atom. The van der Waals surface area contributed by atoms with Gasteiger partial charge in [-0.15, -0.1) is 0 Å². The van der Waals surface area contributed by atoms with Gasteiger partial charge in [-0.25, -0.2) is 0 Å². The molecule has 0 aromatic carbocycles. The van der Waals surface area contributed by atoms with Crippen molar-refractivity contribution >= 4 is 5.97 Å². The fourth-order valence-corrected chi connectivity index (χ4v) is 3.38. The van der Waals surface area contributed by atoms with Gasteiger partial charge >= 0.3 is 5.97 Å². The Kier molecular flexibility index (Phi) is 0.809. The Hall–Kier alpha value is -0.530. The zero-order valence-corrected chi connectivity index (χ0v) is 6.67. The van der Waals surface area contributed by atoms with Crippen LogP contribution in [0.15, 0.2) is 0 Å². The minimum absolute atomic E-state index is 0.0648. The van der Waals surface area contributed by atoms with Crippen LogP contribution in [0, 0.1) is 17.3 Å². The summed E-state index contributed by atoms with van der Waals surface area (Å²) in [5.41, 5.74) is -0.0648. The van der Waals surface area contributed by atoms with E-state index in [1.54, 1.807) is 0 Å². The molecular weight excluding hydrogens is 140 g/mol. The minimum atomic E-state index is -0.0648. The quantitative estimate of drug-likeness (QED) is 0.490. The minimum Gasteiger partial charge on any atom is -0.462 e. The molecule has 0 spiro atoms. The summed E-state index contributed by atoms with van der Waals surface area (Å²) in [5.74, 6) is 1.31. The summed E-state index contributed by atoms with van der Waals surface area (Å²) in [7, 11) is 0. The fourth-order valence-electron chi connectivity index (χ4n) is 3.38. The maximum atomic E-state index is 11.4. The van der Waals surface area contributed by atoms with Crippen molar-refractivity contribution in [1.82, 2.24) is 0 Å². The summed E-state index contributed by atoms with van der Waals surface area (Å²) in [5, 5.41) is 0. The van der Waals surface area contributed by atoms with E-state index in [-0.39, 0.29) is 11.4 Å². The molecule has 3 fully saturated rings. The molecular formula is C9H12O2. The van der Waals surface area contributed by atoms with Gasteiger partial charge in [-0.2, -0.15) is 0 Å². The smallest absolute Gasteiger partial charge is 0.312 e. The largest absolute Gasteiger partial charge is 0.462 e. The lowest BCUT2D eigenvalue weighted by Gasteiger charge is -2.25. The number of ether oxygens (including phenoxy) is 1. The number of hydrogen-bond acceptors (Lipinski definition) is 2. The van der Waals surface area contributed by atoms with Crippen molar-refractivity contribution in [2.75, 3.05) is 0 Å². The molecule has 2 heteroatoms. The lowest BCUT2D eigenvalue weighted by Crippen LogP contribution is -2.31. The lowest BCUT2D eigenvalue weighted by atomic mass is 9.81. The van der Waals surface area contributed by atoms with Crippen LogP contribution in [0.25, 0.3) is 0 Å². The molecule has 1 heterocycles. The maximum absolute atomic E-state index is 11.4. The van der Waals surface area contributed by atoms with E-state index in [0.717, 1.165) is 6.42 Å². The van der Waals surface area contributed by atoms with Crippen LogP contribution >= 0.6 is 0 Å². The van der Waals surface area contributed by atoms with Gasteiger partial charge in [0.25, 0.3) is 0 Å². The highest BCUT2D eigenvalue weighted by molar-refractivity contribution is 5.81. The average molecular weight is 152 g/mol. The first-order valence-corrected chi connectivity index (χ1v) is 4.44. The first-order valence-electron chi connectivity index (χ1n) is 4.44. The zero-order chi connectivity index (χ0) is 7.64. The monoisotopic (exact) mass is 152 g/mol. The third-order valence-corrected chi connectivity index (χ3v) is 4.11. The first-order chi connectivity index (χ1) is 5.23. The number of esters is 1. The van der Waals surface area contributed by atoms with Gasteiger partial charge in [0, 0.05) is 5.92 Å². The van der Waals surface area contributed by atoms with E-state index in [0.29, 0.717) is 17.9 Å². The summed E-state index contributed by atoms with van der Waals surface area (Å²) < 4.78 is 5.26. The van der Waals surface area contributed by atoms with Gasteiger partial charge < -0.3 is 4.74 Å². The molecule has 4 bridgehead atoms. The SMILES string of the molecule is C[C@]12C(=O)O[C@@H]3C[C@H]1CC[C@H]32. The van der Waals surface area contributed by atoms with Crippen molar-refractivity contribution in [2.45, 2.75) is 32.3 Å². The first kappa shape index (κ1) is 6.04. The number of rotatable bonds is 0. The van der Waals surface area contributed by atoms with Crippen LogP contribution in [0.2, 0.25) is 0 Å². The standard InChI is InChI=1S/C9H12O2/c1-9-5-2-3-6(9)7(4-5)11-8(9)10/h5-7H,2-4H2,1H3/t5-,6-,7-,9+/m1/s1. The van der Waals surface area contributed by atoms with Gasteiger partial charge in [-0.1, -0.05) is 0 Å². The molecule has 1 saturated heterocycles. The highest BCUT2D eigenvalue weighted by Crippen LogP contribution is 2.63. The highest BCUT2D eigenvalue weighted by Gasteiger charge is 2.67. The van der Waals surface area contributed by atoms with Crippen LogP contribution in [-0.2, 0) is 9.53 Å². The Morgan fingerprint density at radius 2 is 2.36 bits per heavy atom. The summed E-state index contributed by atoms with van der Waals surface area (Å²) in [6.07, 6.45) is 3.92. The molecule has 0 aromatic rings. The summed E-state index contributed by atoms with van der Waals surface area (Å²) in [4.78, 5) is 11.4. The molecule has 3 aliphatic rings. The van der Waals surface area contributed by atoms with E-state index in [9.17, 15) is 4.79 Å². The Balaban J connectivity index is 2.14. The van der Waals surface area contributed by atoms with Gasteiger partial charge in [-0.05, 0) is 32.1 Å². The highest BCUT2D eigenvalue weighted by atomic mass is 16.6. The second-order valence-electron chi connectivity index (χ2n) is 4.34. The molecule has 2 aliphatic carbocycles. The molecule has 0 unspecified atom stereocenters. The summed E-state index contributed by atoms with van der Waals surface area (Å²) in [6.45, 7) is 2.10. The molecule has 4 atom stereocenters. The van der Waals surface area contributed by atoms with E-state index in [2.05, 4.69) is 6.92 Å². The van der Waals surface area contributed by atoms with Crippen LogP contribution in [0.4, 0.5) is 0 Å². The van der Waals surface area contributed by atoms with Crippen molar-refractivity contribution in [2.24, 2.45) is 17.3 Å². The molecule has 1 aliphatic heterocycles. The predicted octanol–water partition coefficient (Wildman–Crippen LogP) is 1.35. The van der Waals surface area contributed by atoms with Gasteiger partial charge in [0.2, 0.25) is 0 Å². The van der Waals surface area contributed by atoms with Crippen LogP contribution in [0.3, 0.4) is 0 Å². The normalized spacial score (nSPS) is 58.6. The van der Waals surface area contributed by atoms with Crippen molar-refractivity contribution in [3.05, 3.63) is 0 Å². The molecule has 11 heavy (non-hydrogen) atoms. The molecule has 0 amide bonds. The zero-order valence-electron chi connectivity index (χ0n) is 6.67. The predicted molar refractivity (Wildman–Crippen MR) is 38.8 cm³/mol. The second-order valence-corrected chi connectivity index (χ2v) is 4.34. The molecule has 0 aromatic heterocycles. The van der Waals surface area contributed by atoms with E-state index in [1.165, 1.54) is 12.8 Å². The molecule has 2 saturated carbocycles. The molecule has 0 radical (unpaired) electrons. The summed E-state index contributed by atoms with van der Waals surface area (Å²) in [6, 6.07) is 0. The van der Waals surface area contributed by atoms with Gasteiger partial charge in [0.15, 0.2) is 0 Å². The summed E-state index contributed by atoms with van der Waals surface area (Å²) >= 11 is 0. The second kappa shape index (κ2) is 1.47. The van der Waals surface area contributed by atoms with Gasteiger partial charge in [0.1, 0.15) is 6.10 Å². The Bertz CT molecular complexity index is 236. The van der Waals surface area contributed by atoms with Crippen LogP contribution < -0.4 is 0 Å². The lowest BCUT2D eigenvalue weighted by molar-refractivity contribution is -0.155. The van der Waals surface area contributed by atoms with Crippen LogP contribution in [0.1, 0.15) is 26.2 Å². The molecule has 0 N–H and O–H groups in total. The number of carbonyl (C=O) groups is 1. The maximum Gasteiger partial charge on any atom is 0.312 e. The average Bonchev–Trinajstić information content (AvgIpc) is 2.50. The van der Waals surface area contributed by atoms with Crippen LogP contribution in [-0.4, -0.2) is 12.1 Å². The van der Waals surface area contributed by atoms with Crippen LogP contribution in [0.5, 0.6) is 0 Å². The molecule has 3 rings (SSSR count).